The molecule has 1 aromatic heterocycles. The van der Waals surface area contributed by atoms with Gasteiger partial charge in [0.25, 0.3) is 0 Å². The van der Waals surface area contributed by atoms with Crippen LogP contribution in [-0.4, -0.2) is 24.4 Å². The van der Waals surface area contributed by atoms with E-state index in [2.05, 4.69) is 10.2 Å². The molecule has 0 atom stereocenters. The third kappa shape index (κ3) is 2.72. The molecular formula is C16H15N3O2. The number of rotatable bonds is 4. The van der Waals surface area contributed by atoms with E-state index < -0.39 is 0 Å². The summed E-state index contributed by atoms with van der Waals surface area (Å²) in [5, 5.41) is 8.17. The predicted molar refractivity (Wildman–Crippen MR) is 80.8 cm³/mol. The lowest BCUT2D eigenvalue weighted by Gasteiger charge is -2.14. The molecular weight excluding hydrogens is 266 g/mol. The number of ether oxygens (including phenoxy) is 1. The van der Waals surface area contributed by atoms with Crippen LogP contribution in [0.25, 0.3) is 11.5 Å². The molecule has 0 bridgehead atoms. The maximum atomic E-state index is 5.71. The van der Waals surface area contributed by atoms with Crippen molar-refractivity contribution in [3.8, 4) is 17.2 Å². The Bertz CT molecular complexity index is 708. The van der Waals surface area contributed by atoms with Gasteiger partial charge in [0, 0.05) is 18.3 Å². The van der Waals surface area contributed by atoms with Gasteiger partial charge < -0.3 is 9.15 Å². The highest BCUT2D eigenvalue weighted by Crippen LogP contribution is 2.27. The van der Waals surface area contributed by atoms with Crippen molar-refractivity contribution in [3.63, 3.8) is 0 Å². The summed E-state index contributed by atoms with van der Waals surface area (Å²) in [7, 11) is 3.52. The molecule has 5 heteroatoms. The summed E-state index contributed by atoms with van der Waals surface area (Å²) in [4.78, 5) is 1.83. The molecule has 0 amide bonds. The van der Waals surface area contributed by atoms with Gasteiger partial charge in [0.2, 0.25) is 5.89 Å². The fraction of sp³-hybridized carbons (Fsp3) is 0.125. The van der Waals surface area contributed by atoms with Gasteiger partial charge >= 0.3 is 6.01 Å². The molecule has 0 saturated carbocycles. The monoisotopic (exact) mass is 281 g/mol. The Hall–Kier alpha value is -2.82. The number of methoxy groups -OCH3 is 1. The smallest absolute Gasteiger partial charge is 0.322 e. The van der Waals surface area contributed by atoms with E-state index in [4.69, 9.17) is 9.15 Å². The summed E-state index contributed by atoms with van der Waals surface area (Å²) >= 11 is 0. The fourth-order valence-corrected chi connectivity index (χ4v) is 1.96. The van der Waals surface area contributed by atoms with Gasteiger partial charge in [-0.25, -0.2) is 0 Å². The molecule has 0 spiro atoms. The fourth-order valence-electron chi connectivity index (χ4n) is 1.96. The quantitative estimate of drug-likeness (QED) is 0.732. The zero-order valence-electron chi connectivity index (χ0n) is 11.9. The van der Waals surface area contributed by atoms with Crippen molar-refractivity contribution in [2.24, 2.45) is 0 Å². The second-order valence-electron chi connectivity index (χ2n) is 4.51. The van der Waals surface area contributed by atoms with Crippen LogP contribution >= 0.6 is 0 Å². The standard InChI is InChI=1S/C16H15N3O2/c1-19(13-8-10-14(20-2)11-9-13)16-18-17-15(21-16)12-6-4-3-5-7-12/h3-11H,1-2H3. The summed E-state index contributed by atoms with van der Waals surface area (Å²) in [5.41, 5.74) is 1.85. The Morgan fingerprint density at radius 1 is 0.952 bits per heavy atom. The summed E-state index contributed by atoms with van der Waals surface area (Å²) in [6.07, 6.45) is 0. The first kappa shape index (κ1) is 13.2. The molecule has 0 aliphatic heterocycles. The Morgan fingerprint density at radius 2 is 1.67 bits per heavy atom. The highest BCUT2D eigenvalue weighted by Gasteiger charge is 2.13. The Kier molecular flexibility index (Phi) is 3.55. The topological polar surface area (TPSA) is 51.4 Å². The van der Waals surface area contributed by atoms with Crippen LogP contribution in [0.1, 0.15) is 0 Å². The lowest BCUT2D eigenvalue weighted by Crippen LogP contribution is -2.09. The number of hydrogen-bond acceptors (Lipinski definition) is 5. The maximum Gasteiger partial charge on any atom is 0.322 e. The van der Waals surface area contributed by atoms with Gasteiger partial charge in [-0.3, -0.25) is 4.90 Å². The minimum atomic E-state index is 0.444. The van der Waals surface area contributed by atoms with Crippen LogP contribution < -0.4 is 9.64 Å². The minimum Gasteiger partial charge on any atom is -0.497 e. The van der Waals surface area contributed by atoms with Gasteiger partial charge in [-0.15, -0.1) is 5.10 Å². The molecule has 2 aromatic carbocycles. The third-order valence-electron chi connectivity index (χ3n) is 3.18. The number of nitrogens with zero attached hydrogens (tertiary/aromatic N) is 3. The normalized spacial score (nSPS) is 10.4. The lowest BCUT2D eigenvalue weighted by molar-refractivity contribution is 0.415. The van der Waals surface area contributed by atoms with E-state index in [9.17, 15) is 0 Å². The Labute approximate surface area is 122 Å². The third-order valence-corrected chi connectivity index (χ3v) is 3.18. The summed E-state index contributed by atoms with van der Waals surface area (Å²) in [6, 6.07) is 17.8. The van der Waals surface area contributed by atoms with Crippen molar-refractivity contribution in [2.45, 2.75) is 0 Å². The van der Waals surface area contributed by atoms with E-state index in [0.29, 0.717) is 11.9 Å². The van der Waals surface area contributed by atoms with Crippen LogP contribution in [0.15, 0.2) is 59.0 Å². The first-order chi connectivity index (χ1) is 10.3. The zero-order valence-corrected chi connectivity index (χ0v) is 11.9. The van der Waals surface area contributed by atoms with Crippen molar-refractivity contribution in [3.05, 3.63) is 54.6 Å². The maximum absolute atomic E-state index is 5.71. The zero-order chi connectivity index (χ0) is 14.7. The van der Waals surface area contributed by atoms with Gasteiger partial charge in [0.05, 0.1) is 7.11 Å². The molecule has 0 radical (unpaired) electrons. The molecule has 0 N–H and O–H groups in total. The van der Waals surface area contributed by atoms with E-state index in [1.807, 2.05) is 66.5 Å². The summed E-state index contributed by atoms with van der Waals surface area (Å²) < 4.78 is 10.9. The summed E-state index contributed by atoms with van der Waals surface area (Å²) in [6.45, 7) is 0. The molecule has 3 rings (SSSR count). The average Bonchev–Trinajstić information content (AvgIpc) is 3.05. The first-order valence-electron chi connectivity index (χ1n) is 6.54. The highest BCUT2D eigenvalue weighted by atomic mass is 16.5. The summed E-state index contributed by atoms with van der Waals surface area (Å²) in [5.74, 6) is 1.31. The highest BCUT2D eigenvalue weighted by molar-refractivity contribution is 5.58. The van der Waals surface area contributed by atoms with Gasteiger partial charge in [-0.05, 0) is 36.4 Å². The SMILES string of the molecule is COc1ccc(N(C)c2nnc(-c3ccccc3)o2)cc1. The van der Waals surface area contributed by atoms with Gasteiger partial charge in [-0.1, -0.05) is 23.3 Å². The lowest BCUT2D eigenvalue weighted by atomic mass is 10.2. The van der Waals surface area contributed by atoms with Crippen molar-refractivity contribution >= 4 is 11.7 Å². The van der Waals surface area contributed by atoms with Crippen molar-refractivity contribution < 1.29 is 9.15 Å². The van der Waals surface area contributed by atoms with Crippen LogP contribution in [0.2, 0.25) is 0 Å². The van der Waals surface area contributed by atoms with Gasteiger partial charge in [0.15, 0.2) is 0 Å². The van der Waals surface area contributed by atoms with Gasteiger partial charge in [-0.2, -0.15) is 0 Å². The van der Waals surface area contributed by atoms with Gasteiger partial charge in [0.1, 0.15) is 5.75 Å². The second kappa shape index (κ2) is 5.66. The Morgan fingerprint density at radius 3 is 2.33 bits per heavy atom. The number of hydrogen-bond donors (Lipinski definition) is 0. The number of aromatic nitrogens is 2. The minimum absolute atomic E-state index is 0.444. The van der Waals surface area contributed by atoms with Crippen LogP contribution in [0, 0.1) is 0 Å². The molecule has 0 fully saturated rings. The Balaban J connectivity index is 1.85. The van der Waals surface area contributed by atoms with E-state index in [1.165, 1.54) is 0 Å². The van der Waals surface area contributed by atoms with Crippen LogP contribution in [0.5, 0.6) is 5.75 Å². The van der Waals surface area contributed by atoms with Crippen molar-refractivity contribution in [1.82, 2.24) is 10.2 Å². The van der Waals surface area contributed by atoms with Crippen LogP contribution in [-0.2, 0) is 0 Å². The molecule has 21 heavy (non-hydrogen) atoms. The largest absolute Gasteiger partial charge is 0.497 e. The van der Waals surface area contributed by atoms with E-state index in [-0.39, 0.29) is 0 Å². The molecule has 106 valence electrons. The number of benzene rings is 2. The second-order valence-corrected chi connectivity index (χ2v) is 4.51. The number of anilines is 2. The molecule has 0 saturated heterocycles. The van der Waals surface area contributed by atoms with Crippen molar-refractivity contribution in [2.75, 3.05) is 19.1 Å². The van der Waals surface area contributed by atoms with Crippen LogP contribution in [0.4, 0.5) is 11.7 Å². The van der Waals surface area contributed by atoms with E-state index in [1.54, 1.807) is 7.11 Å². The average molecular weight is 281 g/mol. The predicted octanol–water partition coefficient (Wildman–Crippen LogP) is 3.51. The molecule has 0 unspecified atom stereocenters. The first-order valence-corrected chi connectivity index (χ1v) is 6.54. The van der Waals surface area contributed by atoms with Crippen LogP contribution in [0.3, 0.4) is 0 Å². The van der Waals surface area contributed by atoms with E-state index >= 15 is 0 Å². The van der Waals surface area contributed by atoms with Crippen molar-refractivity contribution in [1.29, 1.82) is 0 Å². The van der Waals surface area contributed by atoms with E-state index in [0.717, 1.165) is 17.0 Å². The molecule has 3 aromatic rings. The molecule has 5 nitrogen and oxygen atoms in total. The molecule has 0 aliphatic carbocycles. The molecule has 0 aliphatic rings. The molecule has 1 heterocycles.